The number of carbonyl (C=O) groups excluding carboxylic acids is 4. The standard InChI is InChI=1S/C77H150O17P2/c1-9-69(7)55-47-39-30-24-18-13-11-12-14-20-27-33-43-51-59-76(81)93-72(63-87-74(79)57-49-41-32-26-19-16-15-17-23-29-37-45-53-67(3)4)65-91-95(83,84)89-61-71(78)62-90-96(85,86)92-66-73(64-88-75(80)58-50-42-36-35-38-46-54-68(5)6)94-77(82)60-52-44-34-28-22-21-25-31-40-48-56-70(8)10-2/h67-73,78H,9-66H2,1-8H3,(H,83,84)(H,85,86)/t69?,70?,71-,72-,73-/m1/s1. The van der Waals surface area contributed by atoms with Gasteiger partial charge in [-0.1, -0.05) is 338 Å². The fourth-order valence-electron chi connectivity index (χ4n) is 11.7. The van der Waals surface area contributed by atoms with Gasteiger partial charge < -0.3 is 33.8 Å². The van der Waals surface area contributed by atoms with Gasteiger partial charge in [-0.2, -0.15) is 0 Å². The van der Waals surface area contributed by atoms with Crippen molar-refractivity contribution in [2.24, 2.45) is 23.7 Å². The van der Waals surface area contributed by atoms with E-state index in [4.69, 9.17) is 37.0 Å². The Labute approximate surface area is 588 Å². The molecule has 0 aliphatic rings. The molecule has 0 aromatic rings. The van der Waals surface area contributed by atoms with Crippen LogP contribution in [0.2, 0.25) is 0 Å². The number of unbranched alkanes of at least 4 members (excludes halogenated alkanes) is 38. The van der Waals surface area contributed by atoms with E-state index in [9.17, 15) is 43.2 Å². The van der Waals surface area contributed by atoms with Gasteiger partial charge in [-0.05, 0) is 49.4 Å². The van der Waals surface area contributed by atoms with Crippen LogP contribution in [0.3, 0.4) is 0 Å². The molecule has 0 amide bonds. The molecule has 0 aliphatic carbocycles. The van der Waals surface area contributed by atoms with Crippen molar-refractivity contribution in [1.82, 2.24) is 0 Å². The summed E-state index contributed by atoms with van der Waals surface area (Å²) in [6, 6.07) is 0. The van der Waals surface area contributed by atoms with E-state index in [1.54, 1.807) is 0 Å². The summed E-state index contributed by atoms with van der Waals surface area (Å²) in [7, 11) is -9.91. The lowest BCUT2D eigenvalue weighted by Crippen LogP contribution is -2.30. The smallest absolute Gasteiger partial charge is 0.462 e. The first-order valence-electron chi connectivity index (χ1n) is 39.8. The predicted molar refractivity (Wildman–Crippen MR) is 391 cm³/mol. The summed E-state index contributed by atoms with van der Waals surface area (Å²) in [5, 5.41) is 10.6. The van der Waals surface area contributed by atoms with Crippen molar-refractivity contribution in [2.45, 2.75) is 408 Å². The van der Waals surface area contributed by atoms with Crippen LogP contribution in [0.1, 0.15) is 389 Å². The fraction of sp³-hybridized carbons (Fsp3) is 0.948. The maximum absolute atomic E-state index is 13.1. The van der Waals surface area contributed by atoms with Crippen LogP contribution in [-0.2, 0) is 65.4 Å². The molecule has 3 N–H and O–H groups in total. The Morgan fingerprint density at radius 1 is 0.292 bits per heavy atom. The number of carbonyl (C=O) groups is 4. The largest absolute Gasteiger partial charge is 0.472 e. The lowest BCUT2D eigenvalue weighted by Gasteiger charge is -2.21. The summed E-state index contributed by atoms with van der Waals surface area (Å²) in [5.74, 6) is 0.989. The number of aliphatic hydroxyl groups is 1. The topological polar surface area (TPSA) is 237 Å². The summed E-state index contributed by atoms with van der Waals surface area (Å²) in [6.45, 7) is 14.2. The van der Waals surface area contributed by atoms with Crippen LogP contribution in [0.4, 0.5) is 0 Å². The summed E-state index contributed by atoms with van der Waals surface area (Å²) < 4.78 is 68.5. The zero-order valence-corrected chi connectivity index (χ0v) is 64.8. The molecule has 0 saturated heterocycles. The van der Waals surface area contributed by atoms with E-state index in [-0.39, 0.29) is 25.7 Å². The highest BCUT2D eigenvalue weighted by Crippen LogP contribution is 2.45. The molecule has 7 atom stereocenters. The highest BCUT2D eigenvalue weighted by Gasteiger charge is 2.30. The van der Waals surface area contributed by atoms with Gasteiger partial charge in [0.05, 0.1) is 26.4 Å². The Balaban J connectivity index is 5.25. The van der Waals surface area contributed by atoms with E-state index in [2.05, 4.69) is 55.4 Å². The molecule has 0 radical (unpaired) electrons. The van der Waals surface area contributed by atoms with Crippen molar-refractivity contribution in [3.8, 4) is 0 Å². The third-order valence-corrected chi connectivity index (χ3v) is 20.4. The average Bonchev–Trinajstić information content (AvgIpc) is 1.57. The normalized spacial score (nSPS) is 14.7. The van der Waals surface area contributed by atoms with E-state index in [1.807, 2.05) is 0 Å². The highest BCUT2D eigenvalue weighted by molar-refractivity contribution is 7.47. The van der Waals surface area contributed by atoms with E-state index in [1.165, 1.54) is 186 Å². The molecule has 0 rings (SSSR count). The monoisotopic (exact) mass is 1410 g/mol. The lowest BCUT2D eigenvalue weighted by atomic mass is 9.99. The average molecular weight is 1410 g/mol. The summed E-state index contributed by atoms with van der Waals surface area (Å²) in [5.41, 5.74) is 0. The highest BCUT2D eigenvalue weighted by atomic mass is 31.2. The number of aliphatic hydroxyl groups excluding tert-OH is 1. The van der Waals surface area contributed by atoms with Crippen molar-refractivity contribution in [1.29, 1.82) is 0 Å². The van der Waals surface area contributed by atoms with Gasteiger partial charge in [0.2, 0.25) is 0 Å². The maximum atomic E-state index is 13.1. The Morgan fingerprint density at radius 3 is 0.740 bits per heavy atom. The summed E-state index contributed by atoms with van der Waals surface area (Å²) >= 11 is 0. The Morgan fingerprint density at radius 2 is 0.500 bits per heavy atom. The molecule has 570 valence electrons. The Bertz CT molecular complexity index is 1890. The minimum absolute atomic E-state index is 0.105. The molecule has 0 saturated carbocycles. The summed E-state index contributed by atoms with van der Waals surface area (Å²) in [6.07, 6.45) is 51.3. The number of rotatable bonds is 74. The second kappa shape index (κ2) is 66.3. The Hall–Kier alpha value is -1.94. The first-order chi connectivity index (χ1) is 46.2. The molecule has 0 aliphatic heterocycles. The molecule has 4 unspecified atom stereocenters. The predicted octanol–water partition coefficient (Wildman–Crippen LogP) is 22.4. The molecule has 0 bridgehead atoms. The number of phosphoric acid groups is 2. The first kappa shape index (κ1) is 94.1. The number of phosphoric ester groups is 2. The fourth-order valence-corrected chi connectivity index (χ4v) is 13.2. The van der Waals surface area contributed by atoms with Crippen LogP contribution in [0.25, 0.3) is 0 Å². The molecule has 0 heterocycles. The molecule has 0 fully saturated rings. The van der Waals surface area contributed by atoms with Gasteiger partial charge in [0, 0.05) is 25.7 Å². The van der Waals surface area contributed by atoms with Gasteiger partial charge in [-0.15, -0.1) is 0 Å². The van der Waals surface area contributed by atoms with Crippen LogP contribution >= 0.6 is 15.6 Å². The number of ether oxygens (including phenoxy) is 4. The molecule has 96 heavy (non-hydrogen) atoms. The van der Waals surface area contributed by atoms with Crippen molar-refractivity contribution in [3.05, 3.63) is 0 Å². The zero-order chi connectivity index (χ0) is 71.0. The van der Waals surface area contributed by atoms with E-state index < -0.39 is 97.5 Å². The minimum atomic E-state index is -4.96. The molecule has 19 heteroatoms. The van der Waals surface area contributed by atoms with E-state index in [0.717, 1.165) is 114 Å². The molecule has 0 aromatic carbocycles. The van der Waals surface area contributed by atoms with Crippen molar-refractivity contribution >= 4 is 39.5 Å². The van der Waals surface area contributed by atoms with Gasteiger partial charge >= 0.3 is 39.5 Å². The second-order valence-corrected chi connectivity index (χ2v) is 32.1. The van der Waals surface area contributed by atoms with Crippen LogP contribution in [0.5, 0.6) is 0 Å². The van der Waals surface area contributed by atoms with E-state index >= 15 is 0 Å². The van der Waals surface area contributed by atoms with Crippen molar-refractivity contribution in [3.63, 3.8) is 0 Å². The van der Waals surface area contributed by atoms with Crippen LogP contribution < -0.4 is 0 Å². The SMILES string of the molecule is CCC(C)CCCCCCCCCCCCCCCCC(=O)O[C@H](COC(=O)CCCCCCCCCCCCCCC(C)C)COP(=O)(O)OC[C@@H](O)COP(=O)(O)OC[C@@H](COC(=O)CCCCCCCCC(C)C)OC(=O)CCCCCCCCCCCCC(C)CC. The van der Waals surface area contributed by atoms with Gasteiger partial charge in [-0.3, -0.25) is 37.3 Å². The van der Waals surface area contributed by atoms with Crippen LogP contribution in [-0.4, -0.2) is 96.7 Å². The molecule has 0 aromatic heterocycles. The number of hydrogen-bond acceptors (Lipinski definition) is 15. The van der Waals surface area contributed by atoms with E-state index in [0.29, 0.717) is 31.6 Å². The molecular weight excluding hydrogens is 1260 g/mol. The van der Waals surface area contributed by atoms with Gasteiger partial charge in [0.1, 0.15) is 19.3 Å². The second-order valence-electron chi connectivity index (χ2n) is 29.2. The molecular formula is C77H150O17P2. The summed E-state index contributed by atoms with van der Waals surface area (Å²) in [4.78, 5) is 72.8. The number of hydrogen-bond donors (Lipinski definition) is 3. The minimum Gasteiger partial charge on any atom is -0.462 e. The van der Waals surface area contributed by atoms with Crippen molar-refractivity contribution < 1.29 is 80.2 Å². The van der Waals surface area contributed by atoms with Gasteiger partial charge in [-0.25, -0.2) is 9.13 Å². The first-order valence-corrected chi connectivity index (χ1v) is 42.8. The quantitative estimate of drug-likeness (QED) is 0.0222. The molecule has 0 spiro atoms. The van der Waals surface area contributed by atoms with Crippen LogP contribution in [0.15, 0.2) is 0 Å². The lowest BCUT2D eigenvalue weighted by molar-refractivity contribution is -0.161. The Kier molecular flexibility index (Phi) is 65.0. The van der Waals surface area contributed by atoms with Crippen molar-refractivity contribution in [2.75, 3.05) is 39.6 Å². The third-order valence-electron chi connectivity index (χ3n) is 18.5. The maximum Gasteiger partial charge on any atom is 0.472 e. The molecule has 17 nitrogen and oxygen atoms in total. The number of esters is 4. The third kappa shape index (κ3) is 67.9. The van der Waals surface area contributed by atoms with Crippen LogP contribution in [0, 0.1) is 23.7 Å². The zero-order valence-electron chi connectivity index (χ0n) is 63.0. The van der Waals surface area contributed by atoms with Gasteiger partial charge in [0.15, 0.2) is 12.2 Å². The van der Waals surface area contributed by atoms with Gasteiger partial charge in [0.25, 0.3) is 0 Å².